The van der Waals surface area contributed by atoms with Crippen LogP contribution < -0.4 is 11.5 Å². The second-order valence-corrected chi connectivity index (χ2v) is 5.30. The van der Waals surface area contributed by atoms with Crippen LogP contribution in [0.2, 0.25) is 5.02 Å². The van der Waals surface area contributed by atoms with Gasteiger partial charge in [-0.15, -0.1) is 0 Å². The fraction of sp³-hybridized carbons (Fsp3) is 0.385. The minimum Gasteiger partial charge on any atom is -0.455 e. The van der Waals surface area contributed by atoms with Crippen molar-refractivity contribution in [3.63, 3.8) is 0 Å². The number of hydrogen-bond acceptors (Lipinski definition) is 2. The average Bonchev–Trinajstić information content (AvgIpc) is 3.17. The predicted octanol–water partition coefficient (Wildman–Crippen LogP) is 2.54. The summed E-state index contributed by atoms with van der Waals surface area (Å²) in [4.78, 5) is 7.75. The molecule has 9 heteroatoms. The largest absolute Gasteiger partial charge is 0.455 e. The van der Waals surface area contributed by atoms with E-state index in [4.69, 9.17) is 23.1 Å². The molecule has 0 bridgehead atoms. The van der Waals surface area contributed by atoms with E-state index in [1.165, 1.54) is 0 Å². The van der Waals surface area contributed by atoms with Crippen LogP contribution in [0, 0.1) is 0 Å². The van der Waals surface area contributed by atoms with Gasteiger partial charge < -0.3 is 16.2 Å². The van der Waals surface area contributed by atoms with E-state index in [2.05, 4.69) is 14.7 Å². The Morgan fingerprint density at radius 3 is 2.32 bits per heavy atom. The third-order valence-electron chi connectivity index (χ3n) is 3.04. The number of ether oxygens (including phenoxy) is 1. The summed E-state index contributed by atoms with van der Waals surface area (Å²) in [6, 6.07) is 6.42. The number of nitrogens with zero attached hydrogens (tertiary/aromatic N) is 2. The number of benzene rings is 1. The SMILES string of the molecule is NC(=NC1(c2ccc(Cl)cc2)CC1)N=C(N)OCC(F)(F)F. The van der Waals surface area contributed by atoms with Crippen LogP contribution in [0.5, 0.6) is 0 Å². The van der Waals surface area contributed by atoms with E-state index < -0.39 is 24.3 Å². The van der Waals surface area contributed by atoms with Gasteiger partial charge in [0.1, 0.15) is 0 Å². The highest BCUT2D eigenvalue weighted by Gasteiger charge is 2.44. The van der Waals surface area contributed by atoms with E-state index in [0.717, 1.165) is 18.4 Å². The normalized spacial score (nSPS) is 18.2. The van der Waals surface area contributed by atoms with E-state index in [-0.39, 0.29) is 5.96 Å². The molecule has 0 atom stereocenters. The van der Waals surface area contributed by atoms with Crippen molar-refractivity contribution in [1.82, 2.24) is 0 Å². The molecule has 0 aromatic heterocycles. The van der Waals surface area contributed by atoms with Crippen LogP contribution in [0.3, 0.4) is 0 Å². The third kappa shape index (κ3) is 4.52. The van der Waals surface area contributed by atoms with Crippen molar-refractivity contribution >= 4 is 23.6 Å². The van der Waals surface area contributed by atoms with Gasteiger partial charge in [0.2, 0.25) is 5.96 Å². The molecule has 0 heterocycles. The molecule has 5 nitrogen and oxygen atoms in total. The number of rotatable bonds is 3. The van der Waals surface area contributed by atoms with Gasteiger partial charge in [-0.05, 0) is 30.5 Å². The summed E-state index contributed by atoms with van der Waals surface area (Å²) in [6.07, 6.45) is -2.98. The summed E-state index contributed by atoms with van der Waals surface area (Å²) in [5, 5.41) is 0.597. The van der Waals surface area contributed by atoms with Gasteiger partial charge in [0.05, 0.1) is 5.54 Å². The zero-order valence-corrected chi connectivity index (χ0v) is 12.2. The van der Waals surface area contributed by atoms with E-state index in [0.29, 0.717) is 5.02 Å². The average molecular weight is 335 g/mol. The van der Waals surface area contributed by atoms with Crippen molar-refractivity contribution in [1.29, 1.82) is 0 Å². The van der Waals surface area contributed by atoms with Gasteiger partial charge in [-0.25, -0.2) is 4.99 Å². The van der Waals surface area contributed by atoms with Crippen LogP contribution in [-0.2, 0) is 10.3 Å². The summed E-state index contributed by atoms with van der Waals surface area (Å²) in [6.45, 7) is -1.53. The molecule has 1 saturated carbocycles. The molecule has 2 rings (SSSR count). The van der Waals surface area contributed by atoms with Crippen molar-refractivity contribution in [3.05, 3.63) is 34.9 Å². The quantitative estimate of drug-likeness (QED) is 0.658. The molecule has 120 valence electrons. The maximum Gasteiger partial charge on any atom is 0.422 e. The highest BCUT2D eigenvalue weighted by atomic mass is 35.5. The Balaban J connectivity index is 2.06. The molecule has 0 aliphatic heterocycles. The fourth-order valence-electron chi connectivity index (χ4n) is 1.89. The lowest BCUT2D eigenvalue weighted by atomic mass is 10.1. The molecule has 4 N–H and O–H groups in total. The molecule has 22 heavy (non-hydrogen) atoms. The summed E-state index contributed by atoms with van der Waals surface area (Å²) >= 11 is 5.82. The molecule has 1 aliphatic carbocycles. The van der Waals surface area contributed by atoms with E-state index >= 15 is 0 Å². The first-order valence-corrected chi connectivity index (χ1v) is 6.73. The summed E-state index contributed by atoms with van der Waals surface area (Å²) < 4.78 is 40.2. The summed E-state index contributed by atoms with van der Waals surface area (Å²) in [7, 11) is 0. The number of aliphatic imine (C=N–C) groups is 2. The minimum atomic E-state index is -4.49. The highest BCUT2D eigenvalue weighted by molar-refractivity contribution is 6.30. The first kappa shape index (κ1) is 16.4. The van der Waals surface area contributed by atoms with Crippen LogP contribution in [0.15, 0.2) is 34.3 Å². The standard InChI is InChI=1S/C13H14ClF3N4O/c14-9-3-1-8(2-4-9)12(5-6-12)21-10(18)20-11(19)22-7-13(15,16)17/h1-4H,5-7H2,(H4,18,19,20,21). The second kappa shape index (κ2) is 6.04. The van der Waals surface area contributed by atoms with E-state index in [9.17, 15) is 13.2 Å². The summed E-state index contributed by atoms with van der Waals surface area (Å²) in [5.74, 6) is -0.230. The molecule has 0 saturated heterocycles. The topological polar surface area (TPSA) is 86.0 Å². The minimum absolute atomic E-state index is 0.230. The Hall–Kier alpha value is -1.96. The molecule has 0 radical (unpaired) electrons. The number of nitrogens with two attached hydrogens (primary N) is 2. The Morgan fingerprint density at radius 1 is 1.23 bits per heavy atom. The Bertz CT molecular complexity index is 594. The van der Waals surface area contributed by atoms with Crippen molar-refractivity contribution < 1.29 is 17.9 Å². The first-order chi connectivity index (χ1) is 10.2. The van der Waals surface area contributed by atoms with Gasteiger partial charge in [-0.3, -0.25) is 0 Å². The van der Waals surface area contributed by atoms with Gasteiger partial charge in [-0.1, -0.05) is 23.7 Å². The molecule has 1 aliphatic rings. The number of hydrogen-bond donors (Lipinski definition) is 2. The number of halogens is 4. The van der Waals surface area contributed by atoms with Gasteiger partial charge in [-0.2, -0.15) is 18.2 Å². The van der Waals surface area contributed by atoms with Crippen LogP contribution >= 0.6 is 11.6 Å². The van der Waals surface area contributed by atoms with Gasteiger partial charge in [0.15, 0.2) is 6.61 Å². The highest BCUT2D eigenvalue weighted by Crippen LogP contribution is 2.49. The smallest absolute Gasteiger partial charge is 0.422 e. The molecule has 0 unspecified atom stereocenters. The lowest BCUT2D eigenvalue weighted by Gasteiger charge is -2.11. The third-order valence-corrected chi connectivity index (χ3v) is 3.29. The zero-order valence-electron chi connectivity index (χ0n) is 11.4. The predicted molar refractivity (Wildman–Crippen MR) is 77.6 cm³/mol. The molecule has 1 aromatic rings. The van der Waals surface area contributed by atoms with Crippen LogP contribution in [0.25, 0.3) is 0 Å². The number of guanidine groups is 1. The Labute approximate surface area is 129 Å². The van der Waals surface area contributed by atoms with Crippen molar-refractivity contribution in [2.24, 2.45) is 21.5 Å². The van der Waals surface area contributed by atoms with E-state index in [1.807, 2.05) is 12.1 Å². The Kier molecular flexibility index (Phi) is 4.50. The lowest BCUT2D eigenvalue weighted by molar-refractivity contribution is -0.156. The molecule has 0 amide bonds. The van der Waals surface area contributed by atoms with Crippen LogP contribution in [-0.4, -0.2) is 24.8 Å². The molecule has 0 spiro atoms. The van der Waals surface area contributed by atoms with Crippen LogP contribution in [0.1, 0.15) is 18.4 Å². The maximum atomic E-state index is 12.0. The van der Waals surface area contributed by atoms with Gasteiger partial charge >= 0.3 is 6.18 Å². The van der Waals surface area contributed by atoms with Gasteiger partial charge in [0, 0.05) is 5.02 Å². The molecule has 1 aromatic carbocycles. The van der Waals surface area contributed by atoms with Crippen molar-refractivity contribution in [3.8, 4) is 0 Å². The van der Waals surface area contributed by atoms with Crippen molar-refractivity contribution in [2.45, 2.75) is 24.6 Å². The molecular weight excluding hydrogens is 321 g/mol. The zero-order chi connectivity index (χ0) is 16.4. The second-order valence-electron chi connectivity index (χ2n) is 4.86. The molecule has 1 fully saturated rings. The first-order valence-electron chi connectivity index (χ1n) is 6.35. The monoisotopic (exact) mass is 334 g/mol. The number of amidine groups is 1. The maximum absolute atomic E-state index is 12.0. The lowest BCUT2D eigenvalue weighted by Crippen LogP contribution is -2.27. The fourth-order valence-corrected chi connectivity index (χ4v) is 2.01. The molecular formula is C13H14ClF3N4O. The summed E-state index contributed by atoms with van der Waals surface area (Å²) in [5.41, 5.74) is 11.2. The Morgan fingerprint density at radius 2 is 1.82 bits per heavy atom. The number of alkyl halides is 3. The van der Waals surface area contributed by atoms with E-state index in [1.54, 1.807) is 12.1 Å². The van der Waals surface area contributed by atoms with Gasteiger partial charge in [0.25, 0.3) is 6.02 Å². The van der Waals surface area contributed by atoms with Crippen molar-refractivity contribution in [2.75, 3.05) is 6.61 Å². The van der Waals surface area contributed by atoms with Crippen LogP contribution in [0.4, 0.5) is 13.2 Å².